The monoisotopic (exact) mass is 619 g/mol. The minimum absolute atomic E-state index is 0.0468. The molecule has 1 heterocycles. The summed E-state index contributed by atoms with van der Waals surface area (Å²) < 4.78 is 45.2. The van der Waals surface area contributed by atoms with E-state index in [0.29, 0.717) is 0 Å². The lowest BCUT2D eigenvalue weighted by atomic mass is 9.96. The number of nitrogens with zero attached hydrogens (tertiary/aromatic N) is 2. The third-order valence-electron chi connectivity index (χ3n) is 8.14. The molecule has 3 atom stereocenters. The van der Waals surface area contributed by atoms with Gasteiger partial charge in [-0.15, -0.1) is 0 Å². The molecular formula is C31H40F3N5O5. The number of benzene rings is 2. The maximum absolute atomic E-state index is 13.7. The zero-order chi connectivity index (χ0) is 32.0. The van der Waals surface area contributed by atoms with Crippen LogP contribution in [0.5, 0.6) is 5.75 Å². The fourth-order valence-corrected chi connectivity index (χ4v) is 5.46. The first-order valence-corrected chi connectivity index (χ1v) is 14.9. The largest absolute Gasteiger partial charge is 0.485 e. The van der Waals surface area contributed by atoms with Gasteiger partial charge in [0.15, 0.2) is 5.75 Å². The van der Waals surface area contributed by atoms with E-state index in [1.165, 1.54) is 24.1 Å². The minimum Gasteiger partial charge on any atom is -0.485 e. The molecule has 1 aliphatic heterocycles. The summed E-state index contributed by atoms with van der Waals surface area (Å²) in [6, 6.07) is 7.56. The second-order valence-corrected chi connectivity index (χ2v) is 11.6. The first kappa shape index (κ1) is 32.9. The van der Waals surface area contributed by atoms with Crippen LogP contribution >= 0.6 is 0 Å². The van der Waals surface area contributed by atoms with Crippen molar-refractivity contribution >= 4 is 29.3 Å². The Hall–Kier alpha value is -4.00. The molecule has 4 rings (SSSR count). The number of likely N-dealkylation sites (N-methyl/N-ethyl adjacent to an activating group) is 1. The highest BCUT2D eigenvalue weighted by molar-refractivity contribution is 6.01. The normalized spacial score (nSPS) is 20.0. The zero-order valence-electron chi connectivity index (χ0n) is 25.1. The molecule has 0 aromatic heterocycles. The molecule has 0 bridgehead atoms. The Bertz CT molecular complexity index is 1320. The van der Waals surface area contributed by atoms with E-state index >= 15 is 0 Å². The van der Waals surface area contributed by atoms with Crippen molar-refractivity contribution in [1.82, 2.24) is 15.1 Å². The maximum atomic E-state index is 13.7. The van der Waals surface area contributed by atoms with Gasteiger partial charge in [-0.25, -0.2) is 9.59 Å². The van der Waals surface area contributed by atoms with Crippen LogP contribution in [0.25, 0.3) is 0 Å². The van der Waals surface area contributed by atoms with Crippen molar-refractivity contribution in [3.8, 4) is 5.75 Å². The lowest BCUT2D eigenvalue weighted by Gasteiger charge is -2.38. The molecule has 2 aliphatic rings. The molecular weight excluding hydrogens is 579 g/mol. The van der Waals surface area contributed by atoms with Gasteiger partial charge in [-0.05, 0) is 56.2 Å². The highest BCUT2D eigenvalue weighted by Gasteiger charge is 2.35. The number of fused-ring (bicyclic) bond motifs is 1. The second kappa shape index (κ2) is 14.2. The molecule has 5 amide bonds. The summed E-state index contributed by atoms with van der Waals surface area (Å²) in [7, 11) is 1.52. The summed E-state index contributed by atoms with van der Waals surface area (Å²) >= 11 is 0. The fraction of sp³-hybridized carbons (Fsp3) is 0.516. The summed E-state index contributed by atoms with van der Waals surface area (Å²) in [6.07, 6.45) is -0.144. The Kier molecular flexibility index (Phi) is 10.6. The third-order valence-corrected chi connectivity index (χ3v) is 8.14. The number of anilines is 2. The molecule has 0 unspecified atom stereocenters. The molecule has 0 spiro atoms. The van der Waals surface area contributed by atoms with E-state index in [4.69, 9.17) is 4.74 Å². The van der Waals surface area contributed by atoms with Gasteiger partial charge in [-0.3, -0.25) is 4.79 Å². The summed E-state index contributed by atoms with van der Waals surface area (Å²) in [5, 5.41) is 18.3. The number of hydrogen-bond donors (Lipinski definition) is 4. The summed E-state index contributed by atoms with van der Waals surface area (Å²) in [4.78, 5) is 42.5. The third kappa shape index (κ3) is 8.13. The number of alkyl halides is 3. The number of ether oxygens (including phenoxy) is 1. The van der Waals surface area contributed by atoms with E-state index in [1.54, 1.807) is 30.0 Å². The molecule has 13 heteroatoms. The van der Waals surface area contributed by atoms with Gasteiger partial charge in [-0.1, -0.05) is 32.3 Å². The van der Waals surface area contributed by atoms with Gasteiger partial charge in [0.1, 0.15) is 6.10 Å². The second-order valence-electron chi connectivity index (χ2n) is 11.6. The quantitative estimate of drug-likeness (QED) is 0.324. The highest BCUT2D eigenvalue weighted by atomic mass is 19.4. The molecule has 2 aromatic carbocycles. The van der Waals surface area contributed by atoms with Gasteiger partial charge in [0, 0.05) is 31.2 Å². The van der Waals surface area contributed by atoms with Crippen molar-refractivity contribution in [2.24, 2.45) is 5.92 Å². The van der Waals surface area contributed by atoms with Crippen LogP contribution in [0.4, 0.5) is 34.1 Å². The average molecular weight is 620 g/mol. The molecule has 2 aromatic rings. The maximum Gasteiger partial charge on any atom is 0.416 e. The lowest BCUT2D eigenvalue weighted by molar-refractivity contribution is -0.137. The summed E-state index contributed by atoms with van der Waals surface area (Å²) in [5.41, 5.74) is -0.144. The van der Waals surface area contributed by atoms with E-state index in [9.17, 15) is 32.7 Å². The van der Waals surface area contributed by atoms with Gasteiger partial charge in [0.05, 0.1) is 36.0 Å². The summed E-state index contributed by atoms with van der Waals surface area (Å²) in [5.74, 6) is -0.539. The van der Waals surface area contributed by atoms with E-state index in [1.807, 2.05) is 6.92 Å². The molecule has 1 fully saturated rings. The van der Waals surface area contributed by atoms with Crippen LogP contribution in [-0.2, 0) is 6.18 Å². The standard InChI is InChI=1S/C31H40F3N5O5/c1-19-16-39(20(2)18-40)28(41)24-10-7-11-25(37-29(42)35-22-8-5-4-6-9-22)27(24)44-26(19)17-38(3)30(43)36-23-14-12-21(13-15-23)31(32,33)34/h7,10-15,19-20,22,26,40H,4-6,8-9,16-18H2,1-3H3,(H,36,43)(H2,35,37,42)/t19-,20-,26-/m0/s1. The molecule has 1 aliphatic carbocycles. The van der Waals surface area contributed by atoms with Crippen LogP contribution in [-0.4, -0.2) is 77.8 Å². The average Bonchev–Trinajstić information content (AvgIpc) is 2.99. The van der Waals surface area contributed by atoms with Crippen LogP contribution in [0.15, 0.2) is 42.5 Å². The first-order valence-electron chi connectivity index (χ1n) is 14.9. The Labute approximate surface area is 254 Å². The number of aliphatic hydroxyl groups excluding tert-OH is 1. The number of aliphatic hydroxyl groups is 1. The van der Waals surface area contributed by atoms with Crippen LogP contribution < -0.4 is 20.7 Å². The van der Waals surface area contributed by atoms with Crippen molar-refractivity contribution in [3.63, 3.8) is 0 Å². The first-order chi connectivity index (χ1) is 20.9. The topological polar surface area (TPSA) is 123 Å². The van der Waals surface area contributed by atoms with Gasteiger partial charge in [0.2, 0.25) is 0 Å². The number of urea groups is 2. The number of nitrogens with one attached hydrogen (secondary N) is 3. The van der Waals surface area contributed by atoms with Crippen LogP contribution in [0.1, 0.15) is 61.9 Å². The van der Waals surface area contributed by atoms with Crippen molar-refractivity contribution in [1.29, 1.82) is 0 Å². The van der Waals surface area contributed by atoms with Crippen molar-refractivity contribution in [2.75, 3.05) is 37.4 Å². The lowest BCUT2D eigenvalue weighted by Crippen LogP contribution is -2.50. The fourth-order valence-electron chi connectivity index (χ4n) is 5.46. The van der Waals surface area contributed by atoms with Crippen molar-refractivity contribution in [3.05, 3.63) is 53.6 Å². The van der Waals surface area contributed by atoms with Crippen LogP contribution in [0, 0.1) is 5.92 Å². The Morgan fingerprint density at radius 2 is 1.77 bits per heavy atom. The van der Waals surface area contributed by atoms with Gasteiger partial charge >= 0.3 is 18.2 Å². The molecule has 0 radical (unpaired) electrons. The number of carbonyl (C=O) groups is 3. The predicted octanol–water partition coefficient (Wildman–Crippen LogP) is 5.54. The van der Waals surface area contributed by atoms with Gasteiger partial charge in [-0.2, -0.15) is 13.2 Å². The van der Waals surface area contributed by atoms with E-state index < -0.39 is 35.9 Å². The van der Waals surface area contributed by atoms with Crippen molar-refractivity contribution in [2.45, 2.75) is 70.3 Å². The smallest absolute Gasteiger partial charge is 0.416 e. The van der Waals surface area contributed by atoms with Crippen LogP contribution in [0.3, 0.4) is 0 Å². The number of para-hydroxylation sites is 1. The molecule has 0 saturated heterocycles. The SMILES string of the molecule is C[C@H]1CN([C@@H](C)CO)C(=O)c2cccc(NC(=O)NC3CCCCC3)c2O[C@H]1CN(C)C(=O)Nc1ccc(C(F)(F)F)cc1. The number of amides is 5. The molecule has 44 heavy (non-hydrogen) atoms. The van der Waals surface area contributed by atoms with E-state index in [2.05, 4.69) is 16.0 Å². The number of carbonyl (C=O) groups excluding carboxylic acids is 3. The Balaban J connectivity index is 1.56. The Morgan fingerprint density at radius 1 is 1.09 bits per heavy atom. The molecule has 240 valence electrons. The van der Waals surface area contributed by atoms with E-state index in [-0.39, 0.29) is 60.3 Å². The molecule has 1 saturated carbocycles. The molecule has 10 nitrogen and oxygen atoms in total. The van der Waals surface area contributed by atoms with Gasteiger partial charge in [0.25, 0.3) is 5.91 Å². The number of halogens is 3. The molecule has 4 N–H and O–H groups in total. The highest BCUT2D eigenvalue weighted by Crippen LogP contribution is 2.35. The zero-order valence-corrected chi connectivity index (χ0v) is 25.1. The van der Waals surface area contributed by atoms with Crippen molar-refractivity contribution < 1.29 is 37.4 Å². The number of rotatable bonds is 7. The van der Waals surface area contributed by atoms with Gasteiger partial charge < -0.3 is 35.6 Å². The number of hydrogen-bond acceptors (Lipinski definition) is 5. The summed E-state index contributed by atoms with van der Waals surface area (Å²) in [6.45, 7) is 3.58. The van der Waals surface area contributed by atoms with Crippen LogP contribution in [0.2, 0.25) is 0 Å². The minimum atomic E-state index is -4.49. The predicted molar refractivity (Wildman–Crippen MR) is 160 cm³/mol. The Morgan fingerprint density at radius 3 is 2.41 bits per heavy atom. The van der Waals surface area contributed by atoms with E-state index in [0.717, 1.165) is 44.2 Å².